The molecule has 2 aliphatic heterocycles. The molecular weight excluding hydrogens is 308 g/mol. The van der Waals surface area contributed by atoms with Crippen molar-refractivity contribution in [2.75, 3.05) is 13.1 Å². The van der Waals surface area contributed by atoms with Gasteiger partial charge in [0, 0.05) is 19.0 Å². The van der Waals surface area contributed by atoms with E-state index in [1.54, 1.807) is 0 Å². The van der Waals surface area contributed by atoms with E-state index < -0.39 is 0 Å². The Morgan fingerprint density at radius 2 is 1.48 bits per heavy atom. The lowest BCUT2D eigenvalue weighted by Gasteiger charge is -2.26. The molecule has 1 N–H and O–H groups in total. The summed E-state index contributed by atoms with van der Waals surface area (Å²) < 4.78 is 0. The molecule has 2 fully saturated rings. The second-order valence-electron chi connectivity index (χ2n) is 7.88. The summed E-state index contributed by atoms with van der Waals surface area (Å²) >= 11 is 0. The molecule has 1 amide bonds. The van der Waals surface area contributed by atoms with Gasteiger partial charge in [-0.05, 0) is 60.0 Å². The molecule has 128 valence electrons. The Bertz CT molecular complexity index is 775. The maximum absolute atomic E-state index is 13.3. The van der Waals surface area contributed by atoms with Crippen molar-refractivity contribution in [3.63, 3.8) is 0 Å². The van der Waals surface area contributed by atoms with Crippen molar-refractivity contribution in [2.45, 2.75) is 32.4 Å². The van der Waals surface area contributed by atoms with Gasteiger partial charge in [-0.25, -0.2) is 0 Å². The molecule has 2 aromatic rings. The second-order valence-corrected chi connectivity index (χ2v) is 7.88. The number of nitrogens with one attached hydrogen (secondary N) is 1. The van der Waals surface area contributed by atoms with Crippen molar-refractivity contribution in [2.24, 2.45) is 11.3 Å². The fourth-order valence-electron chi connectivity index (χ4n) is 4.86. The van der Waals surface area contributed by atoms with E-state index in [-0.39, 0.29) is 5.92 Å². The molecular formula is C22H24N2O. The van der Waals surface area contributed by atoms with E-state index in [9.17, 15) is 4.79 Å². The van der Waals surface area contributed by atoms with Crippen LogP contribution in [0.2, 0.25) is 0 Å². The maximum Gasteiger partial charge on any atom is 0.226 e. The number of carbonyl (C=O) groups excluding carboxylic acids is 1. The number of amides is 1. The lowest BCUT2D eigenvalue weighted by atomic mass is 9.91. The van der Waals surface area contributed by atoms with E-state index in [2.05, 4.69) is 58.7 Å². The van der Waals surface area contributed by atoms with Gasteiger partial charge in [0.05, 0.1) is 0 Å². The highest BCUT2D eigenvalue weighted by molar-refractivity contribution is 5.84. The predicted octanol–water partition coefficient (Wildman–Crippen LogP) is 3.59. The Kier molecular flexibility index (Phi) is 3.46. The van der Waals surface area contributed by atoms with Gasteiger partial charge in [0.25, 0.3) is 0 Å². The first-order valence-electron chi connectivity index (χ1n) is 9.43. The molecule has 3 nitrogen and oxygen atoms in total. The molecule has 3 heteroatoms. The van der Waals surface area contributed by atoms with Crippen molar-refractivity contribution in [1.29, 1.82) is 0 Å². The van der Waals surface area contributed by atoms with Crippen molar-refractivity contribution in [1.82, 2.24) is 10.2 Å². The first kappa shape index (κ1) is 15.2. The Hall–Kier alpha value is -2.13. The van der Waals surface area contributed by atoms with Gasteiger partial charge in [0.15, 0.2) is 0 Å². The standard InChI is InChI=1S/C22H24N2O/c25-21(20-13-22(20)9-11-23-12-10-22)24-14-16-5-1-3-7-18(16)19-8-4-2-6-17(19)15-24/h1-8,20,23H,9-15H2. The SMILES string of the molecule is O=C(C1CC12CCNCC2)N1Cc2ccccc2-c2ccccc2C1. The van der Waals surface area contributed by atoms with Crippen LogP contribution in [-0.2, 0) is 17.9 Å². The zero-order valence-corrected chi connectivity index (χ0v) is 14.5. The van der Waals surface area contributed by atoms with Gasteiger partial charge in [-0.1, -0.05) is 48.5 Å². The smallest absolute Gasteiger partial charge is 0.226 e. The number of fused-ring (bicyclic) bond motifs is 3. The Balaban J connectivity index is 1.47. The van der Waals surface area contributed by atoms with Crippen LogP contribution in [0.15, 0.2) is 48.5 Å². The van der Waals surface area contributed by atoms with E-state index in [0.29, 0.717) is 11.3 Å². The summed E-state index contributed by atoms with van der Waals surface area (Å²) in [6, 6.07) is 17.1. The van der Waals surface area contributed by atoms with E-state index >= 15 is 0 Å². The average Bonchev–Trinajstić information content (AvgIpc) is 3.38. The van der Waals surface area contributed by atoms with E-state index in [4.69, 9.17) is 0 Å². The summed E-state index contributed by atoms with van der Waals surface area (Å²) in [4.78, 5) is 15.4. The quantitative estimate of drug-likeness (QED) is 0.865. The van der Waals surface area contributed by atoms with Crippen LogP contribution >= 0.6 is 0 Å². The number of hydrogen-bond acceptors (Lipinski definition) is 2. The van der Waals surface area contributed by atoms with Crippen LogP contribution in [-0.4, -0.2) is 23.9 Å². The normalized spacial score (nSPS) is 23.5. The van der Waals surface area contributed by atoms with E-state index in [1.165, 1.54) is 22.3 Å². The number of piperidine rings is 1. The fourth-order valence-corrected chi connectivity index (χ4v) is 4.86. The van der Waals surface area contributed by atoms with Crippen LogP contribution in [0, 0.1) is 11.3 Å². The zero-order valence-electron chi connectivity index (χ0n) is 14.5. The van der Waals surface area contributed by atoms with Gasteiger partial charge in [0.2, 0.25) is 5.91 Å². The largest absolute Gasteiger partial charge is 0.334 e. The molecule has 1 saturated heterocycles. The first-order chi connectivity index (χ1) is 12.3. The number of nitrogens with zero attached hydrogens (tertiary/aromatic N) is 1. The van der Waals surface area contributed by atoms with Gasteiger partial charge in [-0.2, -0.15) is 0 Å². The van der Waals surface area contributed by atoms with E-state index in [0.717, 1.165) is 45.4 Å². The summed E-state index contributed by atoms with van der Waals surface area (Å²) in [5.74, 6) is 0.612. The summed E-state index contributed by atoms with van der Waals surface area (Å²) in [5.41, 5.74) is 5.39. The molecule has 1 aliphatic carbocycles. The summed E-state index contributed by atoms with van der Waals surface area (Å²) in [7, 11) is 0. The molecule has 1 unspecified atom stereocenters. The molecule has 0 aromatic heterocycles. The Morgan fingerprint density at radius 3 is 2.08 bits per heavy atom. The lowest BCUT2D eigenvalue weighted by Crippen LogP contribution is -2.35. The minimum atomic E-state index is 0.243. The third-order valence-electron chi connectivity index (χ3n) is 6.45. The van der Waals surface area contributed by atoms with Gasteiger partial charge >= 0.3 is 0 Å². The third kappa shape index (κ3) is 2.49. The number of hydrogen-bond donors (Lipinski definition) is 1. The maximum atomic E-state index is 13.3. The number of rotatable bonds is 1. The highest BCUT2D eigenvalue weighted by Gasteiger charge is 2.58. The van der Waals surface area contributed by atoms with Crippen molar-refractivity contribution in [3.05, 3.63) is 59.7 Å². The summed E-state index contributed by atoms with van der Waals surface area (Å²) in [6.07, 6.45) is 3.40. The van der Waals surface area contributed by atoms with Crippen LogP contribution in [0.25, 0.3) is 11.1 Å². The lowest BCUT2D eigenvalue weighted by molar-refractivity contribution is -0.134. The molecule has 1 spiro atoms. The second kappa shape index (κ2) is 5.70. The Labute approximate surface area is 149 Å². The molecule has 0 bridgehead atoms. The number of carbonyl (C=O) groups is 1. The van der Waals surface area contributed by atoms with Crippen molar-refractivity contribution in [3.8, 4) is 11.1 Å². The van der Waals surface area contributed by atoms with Gasteiger partial charge in [-0.15, -0.1) is 0 Å². The molecule has 1 atom stereocenters. The average molecular weight is 332 g/mol. The third-order valence-corrected chi connectivity index (χ3v) is 6.45. The molecule has 25 heavy (non-hydrogen) atoms. The van der Waals surface area contributed by atoms with Crippen LogP contribution < -0.4 is 5.32 Å². The van der Waals surface area contributed by atoms with Gasteiger partial charge < -0.3 is 10.2 Å². The van der Waals surface area contributed by atoms with Crippen LogP contribution in [0.5, 0.6) is 0 Å². The Morgan fingerprint density at radius 1 is 0.920 bits per heavy atom. The molecule has 3 aliphatic rings. The van der Waals surface area contributed by atoms with Crippen LogP contribution in [0.4, 0.5) is 0 Å². The van der Waals surface area contributed by atoms with Crippen molar-refractivity contribution >= 4 is 5.91 Å². The first-order valence-corrected chi connectivity index (χ1v) is 9.43. The van der Waals surface area contributed by atoms with E-state index in [1.807, 2.05) is 0 Å². The van der Waals surface area contributed by atoms with Crippen molar-refractivity contribution < 1.29 is 4.79 Å². The zero-order chi connectivity index (χ0) is 16.9. The molecule has 2 heterocycles. The fraction of sp³-hybridized carbons (Fsp3) is 0.409. The minimum Gasteiger partial charge on any atom is -0.334 e. The molecule has 5 rings (SSSR count). The van der Waals surface area contributed by atoms with Crippen LogP contribution in [0.1, 0.15) is 30.4 Å². The number of benzene rings is 2. The highest BCUT2D eigenvalue weighted by atomic mass is 16.2. The molecule has 0 radical (unpaired) electrons. The van der Waals surface area contributed by atoms with Gasteiger partial charge in [-0.3, -0.25) is 4.79 Å². The topological polar surface area (TPSA) is 32.3 Å². The highest BCUT2D eigenvalue weighted by Crippen LogP contribution is 2.59. The van der Waals surface area contributed by atoms with Gasteiger partial charge in [0.1, 0.15) is 0 Å². The summed E-state index contributed by atoms with van der Waals surface area (Å²) in [6.45, 7) is 3.59. The van der Waals surface area contributed by atoms with Crippen LogP contribution in [0.3, 0.4) is 0 Å². The molecule has 2 aromatic carbocycles. The molecule has 1 saturated carbocycles. The predicted molar refractivity (Wildman–Crippen MR) is 98.8 cm³/mol. The summed E-state index contributed by atoms with van der Waals surface area (Å²) in [5, 5.41) is 3.43. The minimum absolute atomic E-state index is 0.243. The monoisotopic (exact) mass is 332 g/mol.